The largest absolute Gasteiger partial charge is 0.347 e. The summed E-state index contributed by atoms with van der Waals surface area (Å²) in [6, 6.07) is 5.16. The first kappa shape index (κ1) is 22.6. The number of aromatic nitrogens is 4. The fraction of sp³-hybridized carbons (Fsp3) is 0.400. The second kappa shape index (κ2) is 9.13. The van der Waals surface area contributed by atoms with E-state index in [1.165, 1.54) is 4.57 Å². The highest BCUT2D eigenvalue weighted by Gasteiger charge is 2.33. The fourth-order valence-corrected chi connectivity index (χ4v) is 4.34. The van der Waals surface area contributed by atoms with E-state index >= 15 is 0 Å². The maximum atomic E-state index is 13.7. The van der Waals surface area contributed by atoms with Gasteiger partial charge in [0.15, 0.2) is 0 Å². The second-order valence-corrected chi connectivity index (χ2v) is 8.82. The van der Waals surface area contributed by atoms with E-state index in [0.29, 0.717) is 12.5 Å². The Hall–Kier alpha value is -3.55. The van der Waals surface area contributed by atoms with Crippen LogP contribution in [0.5, 0.6) is 0 Å². The van der Waals surface area contributed by atoms with Crippen LogP contribution in [-0.4, -0.2) is 51.0 Å². The molecule has 4 heterocycles. The first-order chi connectivity index (χ1) is 15.8. The molecular weight excluding hydrogens is 416 g/mol. The number of amides is 1. The van der Waals surface area contributed by atoms with Crippen LogP contribution in [0.4, 0.5) is 5.95 Å². The molecule has 0 radical (unpaired) electrons. The number of likely N-dealkylation sites (tertiary alicyclic amines) is 1. The van der Waals surface area contributed by atoms with Gasteiger partial charge in [-0.05, 0) is 62.4 Å². The van der Waals surface area contributed by atoms with Crippen molar-refractivity contribution in [2.75, 3.05) is 25.5 Å². The smallest absolute Gasteiger partial charge is 0.263 e. The molecule has 172 valence electrons. The van der Waals surface area contributed by atoms with E-state index in [9.17, 15) is 9.59 Å². The van der Waals surface area contributed by atoms with Crippen molar-refractivity contribution in [2.45, 2.75) is 39.2 Å². The van der Waals surface area contributed by atoms with Crippen molar-refractivity contribution in [1.82, 2.24) is 24.4 Å². The van der Waals surface area contributed by atoms with E-state index in [0.717, 1.165) is 47.3 Å². The monoisotopic (exact) mass is 446 g/mol. The summed E-state index contributed by atoms with van der Waals surface area (Å²) >= 11 is 0. The van der Waals surface area contributed by atoms with Gasteiger partial charge in [-0.3, -0.25) is 14.6 Å². The van der Waals surface area contributed by atoms with Crippen molar-refractivity contribution in [3.63, 3.8) is 0 Å². The molecule has 1 fully saturated rings. The summed E-state index contributed by atoms with van der Waals surface area (Å²) in [7, 11) is 5.49. The molecule has 0 saturated carbocycles. The van der Waals surface area contributed by atoms with Crippen molar-refractivity contribution in [2.24, 2.45) is 7.05 Å². The van der Waals surface area contributed by atoms with Crippen LogP contribution in [0.2, 0.25) is 0 Å². The lowest BCUT2D eigenvalue weighted by Crippen LogP contribution is -2.42. The molecule has 1 aliphatic heterocycles. The van der Waals surface area contributed by atoms with Gasteiger partial charge in [0.05, 0.1) is 11.7 Å². The number of carbonyl (C=O) groups is 1. The third-order valence-electron chi connectivity index (χ3n) is 6.38. The van der Waals surface area contributed by atoms with Gasteiger partial charge >= 0.3 is 0 Å². The molecule has 0 spiro atoms. The van der Waals surface area contributed by atoms with E-state index in [-0.39, 0.29) is 23.1 Å². The van der Waals surface area contributed by atoms with Crippen LogP contribution in [0, 0.1) is 13.8 Å². The number of hydrogen-bond donors (Lipinski definition) is 0. The maximum Gasteiger partial charge on any atom is 0.263 e. The minimum atomic E-state index is -0.272. The van der Waals surface area contributed by atoms with E-state index in [4.69, 9.17) is 4.98 Å². The zero-order valence-corrected chi connectivity index (χ0v) is 19.9. The number of rotatable bonds is 4. The summed E-state index contributed by atoms with van der Waals surface area (Å²) in [5, 5.41) is 0. The third kappa shape index (κ3) is 4.25. The molecule has 0 bridgehead atoms. The zero-order chi connectivity index (χ0) is 23.7. The molecular formula is C25H30N6O2. The molecule has 3 aromatic rings. The summed E-state index contributed by atoms with van der Waals surface area (Å²) in [6.07, 6.45) is 8.06. The average molecular weight is 447 g/mol. The van der Waals surface area contributed by atoms with Crippen LogP contribution in [0.3, 0.4) is 0 Å². The number of piperidine rings is 1. The lowest BCUT2D eigenvalue weighted by molar-refractivity contribution is 0.0604. The maximum absolute atomic E-state index is 13.7. The minimum absolute atomic E-state index is 0.193. The molecule has 0 N–H and O–H groups in total. The lowest BCUT2D eigenvalue weighted by atomic mass is 9.92. The predicted molar refractivity (Wildman–Crippen MR) is 128 cm³/mol. The molecule has 8 nitrogen and oxygen atoms in total. The van der Waals surface area contributed by atoms with E-state index in [1.54, 1.807) is 19.3 Å². The van der Waals surface area contributed by atoms with E-state index in [2.05, 4.69) is 9.97 Å². The van der Waals surface area contributed by atoms with Crippen LogP contribution in [0.15, 0.2) is 41.6 Å². The Balaban J connectivity index is 1.85. The summed E-state index contributed by atoms with van der Waals surface area (Å²) in [5.41, 5.74) is 4.44. The number of aryl methyl sites for hydroxylation is 2. The van der Waals surface area contributed by atoms with Gasteiger partial charge in [0.2, 0.25) is 5.95 Å². The molecule has 3 aromatic heterocycles. The van der Waals surface area contributed by atoms with Gasteiger partial charge in [0, 0.05) is 57.5 Å². The standard InChI is InChI=1S/C25H30N6O2/c1-16-14-26-12-11-18(16)20-15-27-25(29(3)4)28-22(20)21-8-6-7-13-31(21)24(33)19-10-9-17(2)30(5)23(19)32/h9-12,14-15,21H,6-8,13H2,1-5H3/t21-/m1/s1. The number of anilines is 1. The molecule has 1 atom stereocenters. The highest BCUT2D eigenvalue weighted by atomic mass is 16.2. The fourth-order valence-electron chi connectivity index (χ4n) is 4.34. The number of hydrogen-bond acceptors (Lipinski definition) is 6. The Bertz CT molecular complexity index is 1250. The SMILES string of the molecule is Cc1cnccc1-c1cnc(N(C)C)nc1[C@H]1CCCCN1C(=O)c1ccc(C)n(C)c1=O. The Morgan fingerprint density at radius 1 is 1.09 bits per heavy atom. The van der Waals surface area contributed by atoms with Crippen LogP contribution in [-0.2, 0) is 7.05 Å². The summed E-state index contributed by atoms with van der Waals surface area (Å²) in [5.74, 6) is 0.340. The topological polar surface area (TPSA) is 84.2 Å². The van der Waals surface area contributed by atoms with Crippen molar-refractivity contribution in [1.29, 1.82) is 0 Å². The number of pyridine rings is 2. The second-order valence-electron chi connectivity index (χ2n) is 8.82. The van der Waals surface area contributed by atoms with Crippen LogP contribution in [0.1, 0.15) is 52.6 Å². The van der Waals surface area contributed by atoms with E-state index < -0.39 is 0 Å². The minimum Gasteiger partial charge on any atom is -0.347 e. The molecule has 0 aromatic carbocycles. The molecule has 8 heteroatoms. The van der Waals surface area contributed by atoms with E-state index in [1.807, 2.05) is 62.3 Å². The summed E-state index contributed by atoms with van der Waals surface area (Å²) in [6.45, 7) is 4.44. The quantitative estimate of drug-likeness (QED) is 0.612. The van der Waals surface area contributed by atoms with Crippen molar-refractivity contribution < 1.29 is 4.79 Å². The highest BCUT2D eigenvalue weighted by molar-refractivity contribution is 5.94. The molecule has 33 heavy (non-hydrogen) atoms. The van der Waals surface area contributed by atoms with Gasteiger partial charge in [-0.1, -0.05) is 0 Å². The normalized spacial score (nSPS) is 16.0. The Labute approximate surface area is 193 Å². The van der Waals surface area contributed by atoms with Crippen molar-refractivity contribution in [3.05, 3.63) is 69.7 Å². The third-order valence-corrected chi connectivity index (χ3v) is 6.38. The Kier molecular flexibility index (Phi) is 6.26. The van der Waals surface area contributed by atoms with Gasteiger partial charge in [-0.25, -0.2) is 9.97 Å². The molecule has 0 unspecified atom stereocenters. The van der Waals surface area contributed by atoms with Gasteiger partial charge in [0.1, 0.15) is 5.56 Å². The van der Waals surface area contributed by atoms with Crippen LogP contribution in [0.25, 0.3) is 11.1 Å². The molecule has 1 saturated heterocycles. The van der Waals surface area contributed by atoms with Crippen molar-refractivity contribution in [3.8, 4) is 11.1 Å². The zero-order valence-electron chi connectivity index (χ0n) is 19.9. The van der Waals surface area contributed by atoms with Crippen molar-refractivity contribution >= 4 is 11.9 Å². The summed E-state index contributed by atoms with van der Waals surface area (Å²) < 4.78 is 1.52. The summed E-state index contributed by atoms with van der Waals surface area (Å²) in [4.78, 5) is 43.9. The predicted octanol–water partition coefficient (Wildman–Crippen LogP) is 3.29. The van der Waals surface area contributed by atoms with Gasteiger partial charge < -0.3 is 14.4 Å². The number of nitrogens with zero attached hydrogens (tertiary/aromatic N) is 6. The van der Waals surface area contributed by atoms with Crippen LogP contribution < -0.4 is 10.5 Å². The Morgan fingerprint density at radius 3 is 2.61 bits per heavy atom. The first-order valence-corrected chi connectivity index (χ1v) is 11.2. The first-order valence-electron chi connectivity index (χ1n) is 11.2. The van der Waals surface area contributed by atoms with Gasteiger partial charge in [-0.15, -0.1) is 0 Å². The molecule has 0 aliphatic carbocycles. The average Bonchev–Trinajstić information content (AvgIpc) is 2.82. The lowest BCUT2D eigenvalue weighted by Gasteiger charge is -2.36. The molecule has 4 rings (SSSR count). The van der Waals surface area contributed by atoms with Crippen LogP contribution >= 0.6 is 0 Å². The Morgan fingerprint density at radius 2 is 1.88 bits per heavy atom. The van der Waals surface area contributed by atoms with Gasteiger partial charge in [-0.2, -0.15) is 0 Å². The van der Waals surface area contributed by atoms with Gasteiger partial charge in [0.25, 0.3) is 11.5 Å². The molecule has 1 amide bonds. The molecule has 1 aliphatic rings. The highest BCUT2D eigenvalue weighted by Crippen LogP contribution is 2.37. The number of carbonyl (C=O) groups excluding carboxylic acids is 1.